The van der Waals surface area contributed by atoms with Gasteiger partial charge in [0.2, 0.25) is 5.91 Å². The lowest BCUT2D eigenvalue weighted by molar-refractivity contribution is -0.253. The second-order valence-corrected chi connectivity index (χ2v) is 7.46. The van der Waals surface area contributed by atoms with E-state index < -0.39 is 42.8 Å². The van der Waals surface area contributed by atoms with Crippen molar-refractivity contribution in [3.8, 4) is 11.4 Å². The zero-order valence-electron chi connectivity index (χ0n) is 17.2. The standard InChI is InChI=1S/C20H19ClF3N5O4/c1-3-17(30)29-7-14(33-15(8-29)18(31)20(22,23)24)10-4-12(28-16(21)5-10)11-6-13(19(32)25-2)27-9-26-11/h3-6,9,14-15,18,31H,1,7-8H2,2H3,(H,25,32)/t14-,15?,18+/m0/s1. The lowest BCUT2D eigenvalue weighted by Gasteiger charge is -2.40. The van der Waals surface area contributed by atoms with Gasteiger partial charge in [0.1, 0.15) is 29.4 Å². The molecule has 176 valence electrons. The number of nitrogens with one attached hydrogen (secondary N) is 1. The molecule has 0 spiro atoms. The van der Waals surface area contributed by atoms with Gasteiger partial charge in [-0.2, -0.15) is 13.2 Å². The van der Waals surface area contributed by atoms with Crippen LogP contribution in [-0.2, 0) is 9.53 Å². The second kappa shape index (κ2) is 9.81. The van der Waals surface area contributed by atoms with Crippen LogP contribution in [0.3, 0.4) is 0 Å². The van der Waals surface area contributed by atoms with Gasteiger partial charge in [-0.1, -0.05) is 18.2 Å². The van der Waals surface area contributed by atoms with Gasteiger partial charge in [-0.15, -0.1) is 0 Å². The topological polar surface area (TPSA) is 118 Å². The molecule has 0 saturated carbocycles. The van der Waals surface area contributed by atoms with Crippen molar-refractivity contribution in [3.05, 3.63) is 53.6 Å². The summed E-state index contributed by atoms with van der Waals surface area (Å²) in [4.78, 5) is 37.2. The van der Waals surface area contributed by atoms with Crippen molar-refractivity contribution in [2.24, 2.45) is 0 Å². The van der Waals surface area contributed by atoms with Gasteiger partial charge in [-0.3, -0.25) is 9.59 Å². The molecule has 2 N–H and O–H groups in total. The zero-order chi connectivity index (χ0) is 24.3. The van der Waals surface area contributed by atoms with Crippen LogP contribution in [0.1, 0.15) is 22.2 Å². The van der Waals surface area contributed by atoms with Gasteiger partial charge in [-0.05, 0) is 29.8 Å². The Kier molecular flexibility index (Phi) is 7.30. The van der Waals surface area contributed by atoms with Gasteiger partial charge in [-0.25, -0.2) is 15.0 Å². The number of aromatic nitrogens is 3. The van der Waals surface area contributed by atoms with Crippen molar-refractivity contribution < 1.29 is 32.6 Å². The fourth-order valence-corrected chi connectivity index (χ4v) is 3.47. The van der Waals surface area contributed by atoms with Gasteiger partial charge in [0.05, 0.1) is 24.5 Å². The van der Waals surface area contributed by atoms with E-state index in [1.807, 2.05) is 0 Å². The fraction of sp³-hybridized carbons (Fsp3) is 0.350. The highest BCUT2D eigenvalue weighted by Gasteiger charge is 2.47. The number of aliphatic hydroxyl groups is 1. The molecule has 1 aliphatic heterocycles. The number of amides is 2. The first-order valence-electron chi connectivity index (χ1n) is 9.57. The minimum Gasteiger partial charge on any atom is -0.381 e. The van der Waals surface area contributed by atoms with Crippen LogP contribution in [0, 0.1) is 0 Å². The van der Waals surface area contributed by atoms with E-state index in [0.717, 1.165) is 17.3 Å². The van der Waals surface area contributed by atoms with E-state index in [0.29, 0.717) is 5.56 Å². The molecule has 33 heavy (non-hydrogen) atoms. The van der Waals surface area contributed by atoms with Crippen molar-refractivity contribution in [2.45, 2.75) is 24.5 Å². The summed E-state index contributed by atoms with van der Waals surface area (Å²) in [6, 6.07) is 4.20. The highest BCUT2D eigenvalue weighted by atomic mass is 35.5. The number of halogens is 4. The molecule has 9 nitrogen and oxygen atoms in total. The minimum atomic E-state index is -4.95. The molecule has 0 aliphatic carbocycles. The monoisotopic (exact) mass is 485 g/mol. The van der Waals surface area contributed by atoms with E-state index in [-0.39, 0.29) is 28.8 Å². The van der Waals surface area contributed by atoms with Crippen molar-refractivity contribution >= 4 is 23.4 Å². The van der Waals surface area contributed by atoms with Crippen molar-refractivity contribution in [3.63, 3.8) is 0 Å². The fourth-order valence-electron chi connectivity index (χ4n) is 3.25. The van der Waals surface area contributed by atoms with Gasteiger partial charge in [0, 0.05) is 7.05 Å². The van der Waals surface area contributed by atoms with Gasteiger partial charge < -0.3 is 20.1 Å². The first kappa shape index (κ1) is 24.6. The molecule has 1 unspecified atom stereocenters. The Balaban J connectivity index is 1.99. The number of nitrogens with zero attached hydrogens (tertiary/aromatic N) is 4. The largest absolute Gasteiger partial charge is 0.416 e. The van der Waals surface area contributed by atoms with Crippen molar-refractivity contribution in [2.75, 3.05) is 20.1 Å². The third kappa shape index (κ3) is 5.64. The first-order valence-corrected chi connectivity index (χ1v) is 9.94. The molecule has 13 heteroatoms. The number of ether oxygens (including phenoxy) is 1. The van der Waals surface area contributed by atoms with Crippen LogP contribution >= 0.6 is 11.6 Å². The summed E-state index contributed by atoms with van der Waals surface area (Å²) in [6.07, 6.45) is -8.45. The molecule has 1 aliphatic rings. The number of hydrogen-bond donors (Lipinski definition) is 2. The molecule has 0 aromatic carbocycles. The third-order valence-corrected chi connectivity index (χ3v) is 5.07. The molecule has 3 atom stereocenters. The van der Waals surface area contributed by atoms with Crippen molar-refractivity contribution in [1.82, 2.24) is 25.2 Å². The summed E-state index contributed by atoms with van der Waals surface area (Å²) in [5, 5.41) is 12.1. The maximum absolute atomic E-state index is 13.1. The number of morpholine rings is 1. The van der Waals surface area contributed by atoms with Crippen LogP contribution in [0.4, 0.5) is 13.2 Å². The summed E-state index contributed by atoms with van der Waals surface area (Å²) >= 11 is 6.13. The molecule has 0 bridgehead atoms. The molecule has 3 heterocycles. The Labute approximate surface area is 191 Å². The van der Waals surface area contributed by atoms with Crippen LogP contribution in [0.2, 0.25) is 5.15 Å². The molecule has 2 aromatic rings. The number of pyridine rings is 1. The maximum atomic E-state index is 13.1. The molecule has 2 amide bonds. The predicted molar refractivity (Wildman–Crippen MR) is 110 cm³/mol. The Morgan fingerprint density at radius 3 is 2.67 bits per heavy atom. The number of carbonyl (C=O) groups is 2. The third-order valence-electron chi connectivity index (χ3n) is 4.88. The number of alkyl halides is 3. The van der Waals surface area contributed by atoms with E-state index in [4.69, 9.17) is 16.3 Å². The SMILES string of the molecule is C=CC(=O)N1CC([C@@H](O)C(F)(F)F)O[C@H](c2cc(Cl)nc(-c3cc(C(=O)NC)ncn3)c2)C1. The first-order chi connectivity index (χ1) is 15.5. The van der Waals surface area contributed by atoms with E-state index in [1.165, 1.54) is 25.2 Å². The summed E-state index contributed by atoms with van der Waals surface area (Å²) in [5.41, 5.74) is 0.796. The van der Waals surface area contributed by atoms with Crippen LogP contribution in [0.5, 0.6) is 0 Å². The van der Waals surface area contributed by atoms with Crippen LogP contribution in [0.25, 0.3) is 11.4 Å². The molecule has 3 rings (SSSR count). The molecular formula is C20H19ClF3N5O4. The number of carbonyl (C=O) groups excluding carboxylic acids is 2. The second-order valence-electron chi connectivity index (χ2n) is 7.07. The highest BCUT2D eigenvalue weighted by Crippen LogP contribution is 2.34. The Morgan fingerprint density at radius 2 is 2.03 bits per heavy atom. The quantitative estimate of drug-likeness (QED) is 0.491. The summed E-state index contributed by atoms with van der Waals surface area (Å²) in [5.74, 6) is -1.08. The predicted octanol–water partition coefficient (Wildman–Crippen LogP) is 1.93. The summed E-state index contributed by atoms with van der Waals surface area (Å²) in [6.45, 7) is 2.77. The van der Waals surface area contributed by atoms with E-state index >= 15 is 0 Å². The Hall–Kier alpha value is -3.09. The van der Waals surface area contributed by atoms with Crippen LogP contribution in [-0.4, -0.2) is 75.3 Å². The number of rotatable bonds is 5. The molecular weight excluding hydrogens is 467 g/mol. The number of aliphatic hydroxyl groups excluding tert-OH is 1. The highest BCUT2D eigenvalue weighted by molar-refractivity contribution is 6.29. The lowest BCUT2D eigenvalue weighted by Crippen LogP contribution is -2.54. The Morgan fingerprint density at radius 1 is 1.30 bits per heavy atom. The van der Waals surface area contributed by atoms with Gasteiger partial charge in [0.15, 0.2) is 6.10 Å². The molecule has 1 saturated heterocycles. The van der Waals surface area contributed by atoms with E-state index in [1.54, 1.807) is 0 Å². The van der Waals surface area contributed by atoms with E-state index in [2.05, 4.69) is 26.8 Å². The minimum absolute atomic E-state index is 0.0219. The summed E-state index contributed by atoms with van der Waals surface area (Å²) < 4.78 is 44.9. The van der Waals surface area contributed by atoms with Gasteiger partial charge >= 0.3 is 6.18 Å². The average molecular weight is 486 g/mol. The van der Waals surface area contributed by atoms with Gasteiger partial charge in [0.25, 0.3) is 5.91 Å². The zero-order valence-corrected chi connectivity index (χ0v) is 18.0. The maximum Gasteiger partial charge on any atom is 0.416 e. The van der Waals surface area contributed by atoms with Crippen molar-refractivity contribution in [1.29, 1.82) is 0 Å². The molecule has 1 fully saturated rings. The average Bonchev–Trinajstić information content (AvgIpc) is 2.81. The molecule has 0 radical (unpaired) electrons. The summed E-state index contributed by atoms with van der Waals surface area (Å²) in [7, 11) is 1.43. The van der Waals surface area contributed by atoms with Crippen LogP contribution < -0.4 is 5.32 Å². The number of hydrogen-bond acceptors (Lipinski definition) is 7. The lowest BCUT2D eigenvalue weighted by atomic mass is 10.0. The Bertz CT molecular complexity index is 1070. The normalized spacial score (nSPS) is 19.6. The van der Waals surface area contributed by atoms with E-state index in [9.17, 15) is 27.9 Å². The van der Waals surface area contributed by atoms with Crippen LogP contribution in [0.15, 0.2) is 37.2 Å². The molecule has 2 aromatic heterocycles. The smallest absolute Gasteiger partial charge is 0.381 e.